The van der Waals surface area contributed by atoms with Crippen molar-refractivity contribution < 1.29 is 14.3 Å². The van der Waals surface area contributed by atoms with E-state index in [0.29, 0.717) is 28.9 Å². The predicted octanol–water partition coefficient (Wildman–Crippen LogP) is 4.14. The number of amides is 2. The van der Waals surface area contributed by atoms with Gasteiger partial charge in [-0.15, -0.1) is 0 Å². The van der Waals surface area contributed by atoms with Crippen LogP contribution in [-0.4, -0.2) is 50.0 Å². The number of piperazine rings is 1. The van der Waals surface area contributed by atoms with Gasteiger partial charge < -0.3 is 19.9 Å². The van der Waals surface area contributed by atoms with Crippen molar-refractivity contribution in [2.75, 3.05) is 43.5 Å². The van der Waals surface area contributed by atoms with Crippen LogP contribution in [0.15, 0.2) is 45.3 Å². The van der Waals surface area contributed by atoms with Gasteiger partial charge in [-0.3, -0.25) is 9.59 Å². The number of nitrogens with zero attached hydrogens (tertiary/aromatic N) is 2. The van der Waals surface area contributed by atoms with Gasteiger partial charge in [-0.1, -0.05) is 28.1 Å². The molecule has 2 aromatic rings. The summed E-state index contributed by atoms with van der Waals surface area (Å²) < 4.78 is 6.87. The van der Waals surface area contributed by atoms with Crippen molar-refractivity contribution in [1.82, 2.24) is 4.90 Å². The zero-order valence-corrected chi connectivity index (χ0v) is 18.8. The summed E-state index contributed by atoms with van der Waals surface area (Å²) in [6.45, 7) is 4.37. The third kappa shape index (κ3) is 4.50. The Labute approximate surface area is 181 Å². The highest BCUT2D eigenvalue weighted by molar-refractivity contribution is 9.11. The van der Waals surface area contributed by atoms with E-state index in [1.807, 2.05) is 35.2 Å². The van der Waals surface area contributed by atoms with E-state index in [2.05, 4.69) is 42.1 Å². The van der Waals surface area contributed by atoms with Crippen molar-refractivity contribution in [2.45, 2.75) is 6.92 Å². The number of hydrogen-bond donors (Lipinski definition) is 1. The fraction of sp³-hybridized carbons (Fsp3) is 0.300. The number of hydrogen-bond acceptors (Lipinski definition) is 4. The van der Waals surface area contributed by atoms with E-state index in [1.165, 1.54) is 7.11 Å². The highest BCUT2D eigenvalue weighted by Crippen LogP contribution is 2.34. The maximum Gasteiger partial charge on any atom is 0.259 e. The van der Waals surface area contributed by atoms with Gasteiger partial charge in [0.2, 0.25) is 5.91 Å². The van der Waals surface area contributed by atoms with Crippen molar-refractivity contribution in [3.8, 4) is 5.75 Å². The van der Waals surface area contributed by atoms with Gasteiger partial charge in [0.25, 0.3) is 5.91 Å². The number of nitrogens with one attached hydrogen (secondary N) is 1. The van der Waals surface area contributed by atoms with Crippen LogP contribution in [0.25, 0.3) is 0 Å². The fourth-order valence-electron chi connectivity index (χ4n) is 3.24. The first-order valence-corrected chi connectivity index (χ1v) is 10.4. The number of rotatable bonds is 4. The van der Waals surface area contributed by atoms with Gasteiger partial charge in [-0.25, -0.2) is 0 Å². The molecule has 0 atom stereocenters. The van der Waals surface area contributed by atoms with E-state index in [4.69, 9.17) is 4.74 Å². The first-order valence-electron chi connectivity index (χ1n) is 8.84. The molecule has 1 saturated heterocycles. The summed E-state index contributed by atoms with van der Waals surface area (Å²) in [6.07, 6.45) is 0. The first kappa shape index (κ1) is 20.7. The smallest absolute Gasteiger partial charge is 0.259 e. The standard InChI is InChI=1S/C20H21Br2N3O3/c1-13(26)24-7-9-25(10-8-24)18-6-4-3-5-17(18)23-20(27)15-11-14(21)12-16(22)19(15)28-2/h3-6,11-12H,7-10H2,1-2H3,(H,23,27). The zero-order chi connectivity index (χ0) is 20.3. The van der Waals surface area contributed by atoms with Crippen LogP contribution in [0.3, 0.4) is 0 Å². The van der Waals surface area contributed by atoms with E-state index in [1.54, 1.807) is 13.0 Å². The van der Waals surface area contributed by atoms with Crippen LogP contribution in [-0.2, 0) is 4.79 Å². The van der Waals surface area contributed by atoms with E-state index in [0.717, 1.165) is 28.9 Å². The Morgan fingerprint density at radius 1 is 1.07 bits per heavy atom. The number of para-hydroxylation sites is 2. The van der Waals surface area contributed by atoms with Gasteiger partial charge in [0, 0.05) is 37.6 Å². The molecule has 0 radical (unpaired) electrons. The number of carbonyl (C=O) groups is 2. The first-order chi connectivity index (χ1) is 13.4. The average Bonchev–Trinajstić information content (AvgIpc) is 2.68. The molecule has 1 aliphatic heterocycles. The van der Waals surface area contributed by atoms with Crippen molar-refractivity contribution in [3.63, 3.8) is 0 Å². The zero-order valence-electron chi connectivity index (χ0n) is 15.7. The number of halogens is 2. The Hall–Kier alpha value is -2.06. The molecule has 0 spiro atoms. The summed E-state index contributed by atoms with van der Waals surface area (Å²) in [4.78, 5) is 28.5. The second-order valence-corrected chi connectivity index (χ2v) is 8.20. The molecule has 1 heterocycles. The predicted molar refractivity (Wildman–Crippen MR) is 117 cm³/mol. The Kier molecular flexibility index (Phi) is 6.61. The minimum atomic E-state index is -0.256. The molecule has 0 aliphatic carbocycles. The lowest BCUT2D eigenvalue weighted by atomic mass is 10.1. The van der Waals surface area contributed by atoms with Crippen LogP contribution in [0, 0.1) is 0 Å². The van der Waals surface area contributed by atoms with Gasteiger partial charge in [-0.2, -0.15) is 0 Å². The number of anilines is 2. The molecule has 0 saturated carbocycles. The molecule has 28 heavy (non-hydrogen) atoms. The molecule has 8 heteroatoms. The lowest BCUT2D eigenvalue weighted by molar-refractivity contribution is -0.129. The van der Waals surface area contributed by atoms with E-state index < -0.39 is 0 Å². The number of methoxy groups -OCH3 is 1. The van der Waals surface area contributed by atoms with Crippen molar-refractivity contribution >= 4 is 55.0 Å². The van der Waals surface area contributed by atoms with Gasteiger partial charge in [-0.05, 0) is 40.2 Å². The number of ether oxygens (including phenoxy) is 1. The second kappa shape index (κ2) is 8.96. The summed E-state index contributed by atoms with van der Waals surface area (Å²) in [5.41, 5.74) is 2.09. The van der Waals surface area contributed by atoms with Crippen LogP contribution in [0.4, 0.5) is 11.4 Å². The molecule has 1 fully saturated rings. The Morgan fingerprint density at radius 2 is 1.75 bits per heavy atom. The molecule has 0 unspecified atom stereocenters. The summed E-state index contributed by atoms with van der Waals surface area (Å²) in [5, 5.41) is 3.00. The molecule has 3 rings (SSSR count). The molecule has 1 aliphatic rings. The molecule has 0 aromatic heterocycles. The summed E-state index contributed by atoms with van der Waals surface area (Å²) in [7, 11) is 1.53. The average molecular weight is 511 g/mol. The molecular weight excluding hydrogens is 490 g/mol. The molecule has 1 N–H and O–H groups in total. The van der Waals surface area contributed by atoms with Crippen LogP contribution in [0.5, 0.6) is 5.75 Å². The van der Waals surface area contributed by atoms with Crippen LogP contribution in [0.1, 0.15) is 17.3 Å². The topological polar surface area (TPSA) is 61.9 Å². The van der Waals surface area contributed by atoms with Crippen molar-refractivity contribution in [2.24, 2.45) is 0 Å². The third-order valence-corrected chi connectivity index (χ3v) is 5.72. The number of carbonyl (C=O) groups excluding carboxylic acids is 2. The van der Waals surface area contributed by atoms with E-state index in [-0.39, 0.29) is 11.8 Å². The quantitative estimate of drug-likeness (QED) is 0.671. The van der Waals surface area contributed by atoms with Crippen LogP contribution in [0.2, 0.25) is 0 Å². The van der Waals surface area contributed by atoms with Gasteiger partial charge in [0.05, 0.1) is 28.5 Å². The van der Waals surface area contributed by atoms with Gasteiger partial charge >= 0.3 is 0 Å². The van der Waals surface area contributed by atoms with E-state index >= 15 is 0 Å². The van der Waals surface area contributed by atoms with Gasteiger partial charge in [0.1, 0.15) is 5.75 Å². The summed E-state index contributed by atoms with van der Waals surface area (Å²) in [5.74, 6) is 0.315. The largest absolute Gasteiger partial charge is 0.495 e. The van der Waals surface area contributed by atoms with Crippen LogP contribution < -0.4 is 15.0 Å². The molecule has 148 valence electrons. The lowest BCUT2D eigenvalue weighted by Gasteiger charge is -2.36. The SMILES string of the molecule is COc1c(Br)cc(Br)cc1C(=O)Nc1ccccc1N1CCN(C(C)=O)CC1. The molecule has 2 amide bonds. The normalized spacial score (nSPS) is 14.0. The Balaban J connectivity index is 1.83. The Morgan fingerprint density at radius 3 is 2.39 bits per heavy atom. The monoisotopic (exact) mass is 509 g/mol. The third-order valence-electron chi connectivity index (χ3n) is 4.68. The Bertz CT molecular complexity index is 896. The highest BCUT2D eigenvalue weighted by Gasteiger charge is 2.22. The van der Waals surface area contributed by atoms with Crippen molar-refractivity contribution in [1.29, 1.82) is 0 Å². The van der Waals surface area contributed by atoms with Crippen molar-refractivity contribution in [3.05, 3.63) is 50.9 Å². The molecule has 6 nitrogen and oxygen atoms in total. The van der Waals surface area contributed by atoms with Crippen LogP contribution >= 0.6 is 31.9 Å². The molecule has 0 bridgehead atoms. The molecular formula is C20H21Br2N3O3. The number of benzene rings is 2. The summed E-state index contributed by atoms with van der Waals surface area (Å²) >= 11 is 6.85. The molecule has 2 aromatic carbocycles. The minimum absolute atomic E-state index is 0.0913. The maximum absolute atomic E-state index is 13.0. The lowest BCUT2D eigenvalue weighted by Crippen LogP contribution is -2.48. The highest BCUT2D eigenvalue weighted by atomic mass is 79.9. The fourth-order valence-corrected chi connectivity index (χ4v) is 4.63. The minimum Gasteiger partial charge on any atom is -0.495 e. The van der Waals surface area contributed by atoms with E-state index in [9.17, 15) is 9.59 Å². The van der Waals surface area contributed by atoms with Gasteiger partial charge in [0.15, 0.2) is 0 Å². The summed E-state index contributed by atoms with van der Waals surface area (Å²) in [6, 6.07) is 11.3. The maximum atomic E-state index is 13.0. The second-order valence-electron chi connectivity index (χ2n) is 6.43.